The lowest BCUT2D eigenvalue weighted by atomic mass is 9.86. The van der Waals surface area contributed by atoms with E-state index in [1.807, 2.05) is 44.2 Å². The van der Waals surface area contributed by atoms with Crippen LogP contribution in [0.2, 0.25) is 0 Å². The van der Waals surface area contributed by atoms with E-state index in [-0.39, 0.29) is 13.2 Å². The molecule has 1 heterocycles. The molecule has 0 saturated carbocycles. The summed E-state index contributed by atoms with van der Waals surface area (Å²) in [7, 11) is 0. The van der Waals surface area contributed by atoms with Gasteiger partial charge in [0.1, 0.15) is 18.2 Å². The quantitative estimate of drug-likeness (QED) is 0.600. The molecule has 2 rings (SSSR count). The molecule has 25 heavy (non-hydrogen) atoms. The summed E-state index contributed by atoms with van der Waals surface area (Å²) in [6.45, 7) is 7.43. The molecule has 1 aromatic rings. The Morgan fingerprint density at radius 1 is 1.12 bits per heavy atom. The van der Waals surface area contributed by atoms with Crippen LogP contribution in [-0.2, 0) is 30.5 Å². The summed E-state index contributed by atoms with van der Waals surface area (Å²) in [5.74, 6) is -0.502. The molecular weight excluding hydrogens is 326 g/mol. The van der Waals surface area contributed by atoms with Gasteiger partial charge in [-0.1, -0.05) is 30.3 Å². The minimum Gasteiger partial charge on any atom is -0.464 e. The number of hydrogen-bond donors (Lipinski definition) is 1. The molecule has 1 saturated heterocycles. The van der Waals surface area contributed by atoms with E-state index in [0.29, 0.717) is 6.42 Å². The van der Waals surface area contributed by atoms with E-state index in [1.54, 1.807) is 13.8 Å². The summed E-state index contributed by atoms with van der Waals surface area (Å²) in [4.78, 5) is 34.3. The zero-order chi connectivity index (χ0) is 18.5. The number of carbonyl (C=O) groups is 2. The molecule has 0 aliphatic carbocycles. The first-order valence-electron chi connectivity index (χ1n) is 8.28. The summed E-state index contributed by atoms with van der Waals surface area (Å²) in [5, 5.41) is 2.57. The Kier molecular flexibility index (Phi) is 6.02. The number of nitrogens with one attached hydrogen (secondary N) is 1. The van der Waals surface area contributed by atoms with Crippen molar-refractivity contribution in [3.8, 4) is 0 Å². The smallest absolute Gasteiger partial charge is 0.407 e. The molecule has 0 bridgehead atoms. The maximum absolute atomic E-state index is 12.1. The lowest BCUT2D eigenvalue weighted by molar-refractivity contribution is -0.543. The Labute approximate surface area is 147 Å². The molecule has 0 aromatic heterocycles. The number of alkyl carbamates (subject to hydrolysis) is 1. The number of amides is 1. The fourth-order valence-corrected chi connectivity index (χ4v) is 2.22. The van der Waals surface area contributed by atoms with Gasteiger partial charge >= 0.3 is 12.1 Å². The number of ether oxygens (including phenoxy) is 2. The van der Waals surface area contributed by atoms with Crippen molar-refractivity contribution in [1.29, 1.82) is 0 Å². The van der Waals surface area contributed by atoms with Crippen LogP contribution in [0.4, 0.5) is 4.79 Å². The summed E-state index contributed by atoms with van der Waals surface area (Å²) in [6.07, 6.45) is -0.390. The highest BCUT2D eigenvalue weighted by atomic mass is 17.3. The second-order valence-corrected chi connectivity index (χ2v) is 6.62. The molecule has 1 aromatic carbocycles. The Morgan fingerprint density at radius 3 is 2.32 bits per heavy atom. The van der Waals surface area contributed by atoms with E-state index in [2.05, 4.69) is 5.32 Å². The predicted molar refractivity (Wildman–Crippen MR) is 89.7 cm³/mol. The maximum atomic E-state index is 12.1. The number of rotatable bonds is 7. The molecular formula is C18H25NO6. The van der Waals surface area contributed by atoms with Crippen LogP contribution < -0.4 is 5.32 Å². The Balaban J connectivity index is 1.93. The van der Waals surface area contributed by atoms with E-state index in [4.69, 9.17) is 19.2 Å². The van der Waals surface area contributed by atoms with Crippen molar-refractivity contribution in [2.75, 3.05) is 13.2 Å². The van der Waals surface area contributed by atoms with Gasteiger partial charge in [-0.05, 0) is 33.3 Å². The zero-order valence-corrected chi connectivity index (χ0v) is 15.0. The number of carbonyl (C=O) groups excluding carboxylic acids is 2. The van der Waals surface area contributed by atoms with Gasteiger partial charge in [0.25, 0.3) is 0 Å². The largest absolute Gasteiger partial charge is 0.464 e. The SMILES string of the molecule is CCOC(=O)[C@H](Cc1ccccc1)NC(=O)OC[C@@]1(C)OOC1(C)C. The molecule has 138 valence electrons. The molecule has 1 aliphatic heterocycles. The lowest BCUT2D eigenvalue weighted by Gasteiger charge is -2.50. The monoisotopic (exact) mass is 351 g/mol. The van der Waals surface area contributed by atoms with Crippen molar-refractivity contribution in [2.45, 2.75) is 51.4 Å². The van der Waals surface area contributed by atoms with E-state index >= 15 is 0 Å². The standard InChI is InChI=1S/C18H25NO6/c1-5-22-15(20)14(11-13-9-7-6-8-10-13)19-16(21)23-12-18(4)17(2,3)24-25-18/h6-10,14H,5,11-12H2,1-4H3,(H,19,21)/t14-,18+/m0/s1. The molecule has 0 spiro atoms. The molecule has 2 atom stereocenters. The van der Waals surface area contributed by atoms with Gasteiger partial charge in [-0.2, -0.15) is 0 Å². The van der Waals surface area contributed by atoms with Gasteiger partial charge in [0.2, 0.25) is 0 Å². The Hall–Kier alpha value is -2.12. The van der Waals surface area contributed by atoms with Gasteiger partial charge in [0, 0.05) is 6.42 Å². The molecule has 0 unspecified atom stereocenters. The van der Waals surface area contributed by atoms with Crippen LogP contribution in [0.5, 0.6) is 0 Å². The van der Waals surface area contributed by atoms with Crippen molar-refractivity contribution in [2.24, 2.45) is 0 Å². The average molecular weight is 351 g/mol. The predicted octanol–water partition coefficient (Wildman–Crippen LogP) is 2.39. The van der Waals surface area contributed by atoms with Gasteiger partial charge in [-0.15, -0.1) is 0 Å². The van der Waals surface area contributed by atoms with Crippen molar-refractivity contribution >= 4 is 12.1 Å². The van der Waals surface area contributed by atoms with E-state index < -0.39 is 29.3 Å². The second kappa shape index (κ2) is 7.84. The minimum absolute atomic E-state index is 0.00666. The average Bonchev–Trinajstić information content (AvgIpc) is 2.59. The van der Waals surface area contributed by atoms with Crippen LogP contribution in [-0.4, -0.2) is 42.5 Å². The molecule has 1 N–H and O–H groups in total. The summed E-state index contributed by atoms with van der Waals surface area (Å²) in [6, 6.07) is 8.55. The number of benzene rings is 1. The van der Waals surface area contributed by atoms with Crippen LogP contribution in [0.15, 0.2) is 30.3 Å². The fourth-order valence-electron chi connectivity index (χ4n) is 2.22. The van der Waals surface area contributed by atoms with Crippen LogP contribution in [0.25, 0.3) is 0 Å². The number of esters is 1. The molecule has 7 heteroatoms. The third-order valence-electron chi connectivity index (χ3n) is 4.33. The molecule has 7 nitrogen and oxygen atoms in total. The zero-order valence-electron chi connectivity index (χ0n) is 15.0. The third kappa shape index (κ3) is 4.70. The van der Waals surface area contributed by atoms with Gasteiger partial charge in [-0.25, -0.2) is 19.4 Å². The van der Waals surface area contributed by atoms with Gasteiger partial charge in [0.15, 0.2) is 5.60 Å². The Morgan fingerprint density at radius 2 is 1.80 bits per heavy atom. The highest BCUT2D eigenvalue weighted by molar-refractivity contribution is 5.81. The molecule has 1 aliphatic rings. The molecule has 0 radical (unpaired) electrons. The van der Waals surface area contributed by atoms with Crippen molar-refractivity contribution in [1.82, 2.24) is 5.32 Å². The molecule has 1 fully saturated rings. The topological polar surface area (TPSA) is 83.1 Å². The van der Waals surface area contributed by atoms with Gasteiger partial charge in [0.05, 0.1) is 6.61 Å². The maximum Gasteiger partial charge on any atom is 0.407 e. The highest BCUT2D eigenvalue weighted by Gasteiger charge is 2.55. The van der Waals surface area contributed by atoms with E-state index in [9.17, 15) is 9.59 Å². The number of hydrogen-bond acceptors (Lipinski definition) is 6. The van der Waals surface area contributed by atoms with E-state index in [0.717, 1.165) is 5.56 Å². The summed E-state index contributed by atoms with van der Waals surface area (Å²) < 4.78 is 10.3. The first kappa shape index (κ1) is 19.2. The van der Waals surface area contributed by atoms with Crippen LogP contribution in [0, 0.1) is 0 Å². The normalized spacial score (nSPS) is 22.4. The van der Waals surface area contributed by atoms with Crippen LogP contribution in [0.3, 0.4) is 0 Å². The van der Waals surface area contributed by atoms with Crippen molar-refractivity contribution in [3.05, 3.63) is 35.9 Å². The van der Waals surface area contributed by atoms with Crippen LogP contribution >= 0.6 is 0 Å². The summed E-state index contributed by atoms with van der Waals surface area (Å²) in [5.41, 5.74) is -0.384. The highest BCUT2D eigenvalue weighted by Crippen LogP contribution is 2.39. The minimum atomic E-state index is -0.825. The van der Waals surface area contributed by atoms with Crippen molar-refractivity contribution < 1.29 is 28.8 Å². The van der Waals surface area contributed by atoms with Gasteiger partial charge in [-0.3, -0.25) is 0 Å². The van der Waals surface area contributed by atoms with Crippen LogP contribution in [0.1, 0.15) is 33.3 Å². The molecule has 1 amide bonds. The van der Waals surface area contributed by atoms with Gasteiger partial charge < -0.3 is 14.8 Å². The second-order valence-electron chi connectivity index (χ2n) is 6.62. The van der Waals surface area contributed by atoms with Crippen molar-refractivity contribution in [3.63, 3.8) is 0 Å². The third-order valence-corrected chi connectivity index (χ3v) is 4.33. The Bertz CT molecular complexity index is 603. The summed E-state index contributed by atoms with van der Waals surface area (Å²) >= 11 is 0. The fraction of sp³-hybridized carbons (Fsp3) is 0.556. The first-order valence-corrected chi connectivity index (χ1v) is 8.28. The lowest BCUT2D eigenvalue weighted by Crippen LogP contribution is -2.64. The first-order chi connectivity index (χ1) is 11.8. The van der Waals surface area contributed by atoms with E-state index in [1.165, 1.54) is 0 Å².